The molecule has 0 spiro atoms. The number of halogens is 2. The van der Waals surface area contributed by atoms with Gasteiger partial charge in [-0.1, -0.05) is 15.9 Å². The molecule has 2 nitrogen and oxygen atoms in total. The van der Waals surface area contributed by atoms with Crippen LogP contribution in [0.25, 0.3) is 10.9 Å². The van der Waals surface area contributed by atoms with E-state index in [0.717, 1.165) is 10.2 Å². The van der Waals surface area contributed by atoms with Crippen molar-refractivity contribution in [3.05, 3.63) is 28.4 Å². The van der Waals surface area contributed by atoms with Gasteiger partial charge in [0.15, 0.2) is 0 Å². The van der Waals surface area contributed by atoms with Crippen LogP contribution < -0.4 is 0 Å². The Bertz CT molecular complexity index is 455. The third-order valence-electron chi connectivity index (χ3n) is 1.91. The van der Waals surface area contributed by atoms with Crippen LogP contribution in [-0.4, -0.2) is 9.55 Å². The Labute approximate surface area is 99.5 Å². The fourth-order valence-corrected chi connectivity index (χ4v) is 3.24. The summed E-state index contributed by atoms with van der Waals surface area (Å²) in [5.41, 5.74) is 2.31. The van der Waals surface area contributed by atoms with E-state index in [2.05, 4.69) is 61.3 Å². The van der Waals surface area contributed by atoms with Crippen molar-refractivity contribution >= 4 is 55.2 Å². The number of rotatable bonds is 1. The van der Waals surface area contributed by atoms with Crippen molar-refractivity contribution in [2.24, 2.45) is 0 Å². The maximum Gasteiger partial charge on any atom is 0.0733 e. The Balaban J connectivity index is 2.80. The Kier molecular flexibility index (Phi) is 2.91. The predicted octanol–water partition coefficient (Wildman–Crippen LogP) is 3.90. The maximum atomic E-state index is 4.45. The molecule has 5 heteroatoms. The molecule has 0 fully saturated rings. The van der Waals surface area contributed by atoms with Gasteiger partial charge in [0, 0.05) is 9.86 Å². The first-order valence-corrected chi connectivity index (χ1v) is 8.59. The molecule has 0 saturated carbocycles. The molecule has 0 radical (unpaired) electrons. The van der Waals surface area contributed by atoms with E-state index in [4.69, 9.17) is 0 Å². The highest BCUT2D eigenvalue weighted by atomic mass is 127. The lowest BCUT2D eigenvalue weighted by Crippen LogP contribution is -1.81. The molecule has 68 valence electrons. The van der Waals surface area contributed by atoms with Gasteiger partial charge < -0.3 is 0 Å². The van der Waals surface area contributed by atoms with Crippen molar-refractivity contribution in [3.63, 3.8) is 0 Å². The highest BCUT2D eigenvalue weighted by molar-refractivity contribution is 14.2. The summed E-state index contributed by atoms with van der Waals surface area (Å²) in [6.45, 7) is 2.04. The second-order valence-electron chi connectivity index (χ2n) is 2.74. The molecule has 0 aliphatic heterocycles. The zero-order valence-electron chi connectivity index (χ0n) is 6.88. The van der Waals surface area contributed by atoms with E-state index >= 15 is 0 Å². The minimum atomic E-state index is 0.662. The summed E-state index contributed by atoms with van der Waals surface area (Å²) in [6, 6.07) is 6.27. The molecule has 0 saturated heterocycles. The van der Waals surface area contributed by atoms with Crippen LogP contribution in [0.5, 0.6) is 0 Å². The second kappa shape index (κ2) is 3.83. The van der Waals surface area contributed by atoms with E-state index in [1.807, 2.05) is 11.4 Å². The summed E-state index contributed by atoms with van der Waals surface area (Å²) in [7, 11) is 0. The number of fused-ring (bicyclic) bond motifs is 1. The number of hydrogen-bond donors (Lipinski definition) is 0. The summed E-state index contributed by atoms with van der Waals surface area (Å²) < 4.78 is 3.15. The molecule has 1 heterocycles. The van der Waals surface area contributed by atoms with Crippen molar-refractivity contribution < 1.29 is 0 Å². The van der Waals surface area contributed by atoms with Crippen LogP contribution in [0.15, 0.2) is 22.7 Å². The Morgan fingerprint density at radius 3 is 3.00 bits per heavy atom. The monoisotopic (exact) mass is 368 g/mol. The van der Waals surface area contributed by atoms with Gasteiger partial charge in [0.2, 0.25) is 0 Å². The molecule has 2 rings (SSSR count). The number of nitrogens with zero attached hydrogens (tertiary/aromatic N) is 2. The number of hydrogen-bond acceptors (Lipinski definition) is 1. The summed E-state index contributed by atoms with van der Waals surface area (Å²) in [5, 5.41) is 5.68. The molecule has 0 aliphatic carbocycles. The van der Waals surface area contributed by atoms with Crippen LogP contribution in [-0.2, 0) is 0 Å². The van der Waals surface area contributed by atoms with Crippen molar-refractivity contribution in [1.82, 2.24) is 9.55 Å². The molecule has 2 aromatic rings. The van der Waals surface area contributed by atoms with Gasteiger partial charge in [-0.3, -0.25) is 0 Å². The number of aromatic nitrogens is 2. The standard InChI is InChI=1S/C8H7BrIN2P/c1-5-7-4-6(9)2-3-8(7)12(11-5)13-10/h2-4,13H,1H3. The van der Waals surface area contributed by atoms with Crippen molar-refractivity contribution in [2.75, 3.05) is 0 Å². The molecular formula is C8H7BrIN2P. The molecule has 0 N–H and O–H groups in total. The molecule has 0 amide bonds. The first-order valence-electron chi connectivity index (χ1n) is 3.74. The van der Waals surface area contributed by atoms with Crippen LogP contribution in [0, 0.1) is 6.92 Å². The second-order valence-corrected chi connectivity index (χ2v) is 5.70. The minimum Gasteiger partial charge on any atom is -0.237 e. The van der Waals surface area contributed by atoms with Crippen molar-refractivity contribution in [1.29, 1.82) is 0 Å². The SMILES string of the molecule is Cc1nn(PI)c2ccc(Br)cc12. The Morgan fingerprint density at radius 1 is 1.54 bits per heavy atom. The molecule has 0 bridgehead atoms. The van der Waals surface area contributed by atoms with Gasteiger partial charge in [0.05, 0.1) is 17.6 Å². The molecule has 1 atom stereocenters. The maximum absolute atomic E-state index is 4.45. The van der Waals surface area contributed by atoms with E-state index in [9.17, 15) is 0 Å². The van der Waals surface area contributed by atoms with E-state index in [0.29, 0.717) is 6.37 Å². The first-order chi connectivity index (χ1) is 6.22. The first kappa shape index (κ1) is 9.87. The summed E-state index contributed by atoms with van der Waals surface area (Å²) in [4.78, 5) is 0. The highest BCUT2D eigenvalue weighted by Gasteiger charge is 2.05. The molecule has 1 aromatic carbocycles. The largest absolute Gasteiger partial charge is 0.237 e. The average molecular weight is 369 g/mol. The van der Waals surface area contributed by atoms with Crippen LogP contribution in [0.3, 0.4) is 0 Å². The van der Waals surface area contributed by atoms with Crippen LogP contribution in [0.4, 0.5) is 0 Å². The molecule has 13 heavy (non-hydrogen) atoms. The highest BCUT2D eigenvalue weighted by Crippen LogP contribution is 2.31. The quantitative estimate of drug-likeness (QED) is 0.551. The normalized spacial score (nSPS) is 11.9. The van der Waals surface area contributed by atoms with Gasteiger partial charge in [-0.25, -0.2) is 4.45 Å². The lowest BCUT2D eigenvalue weighted by atomic mass is 10.2. The lowest BCUT2D eigenvalue weighted by Gasteiger charge is -1.95. The molecule has 1 unspecified atom stereocenters. The van der Waals surface area contributed by atoms with Crippen molar-refractivity contribution in [3.8, 4) is 0 Å². The molecule has 0 aliphatic rings. The van der Waals surface area contributed by atoms with E-state index in [1.54, 1.807) is 0 Å². The third kappa shape index (κ3) is 1.76. The lowest BCUT2D eigenvalue weighted by molar-refractivity contribution is 1.00. The zero-order valence-corrected chi connectivity index (χ0v) is 11.6. The fourth-order valence-electron chi connectivity index (χ4n) is 1.30. The van der Waals surface area contributed by atoms with Crippen LogP contribution >= 0.6 is 44.3 Å². The third-order valence-corrected chi connectivity index (χ3v) is 4.27. The van der Waals surface area contributed by atoms with Crippen LogP contribution in [0.2, 0.25) is 0 Å². The summed E-state index contributed by atoms with van der Waals surface area (Å²) in [5.74, 6) is 0. The van der Waals surface area contributed by atoms with Gasteiger partial charge in [-0.05, 0) is 47.2 Å². The predicted molar refractivity (Wildman–Crippen MR) is 69.9 cm³/mol. The van der Waals surface area contributed by atoms with E-state index < -0.39 is 0 Å². The van der Waals surface area contributed by atoms with Gasteiger partial charge >= 0.3 is 0 Å². The van der Waals surface area contributed by atoms with Crippen LogP contribution in [0.1, 0.15) is 5.69 Å². The molecular weight excluding hydrogens is 362 g/mol. The molecule has 1 aromatic heterocycles. The summed E-state index contributed by atoms with van der Waals surface area (Å²) >= 11 is 5.80. The topological polar surface area (TPSA) is 17.8 Å². The van der Waals surface area contributed by atoms with Gasteiger partial charge in [-0.2, -0.15) is 5.10 Å². The zero-order chi connectivity index (χ0) is 9.42. The minimum absolute atomic E-state index is 0.662. The van der Waals surface area contributed by atoms with E-state index in [1.165, 1.54) is 10.9 Å². The fraction of sp³-hybridized carbons (Fsp3) is 0.125. The van der Waals surface area contributed by atoms with Gasteiger partial charge in [0.1, 0.15) is 0 Å². The van der Waals surface area contributed by atoms with Gasteiger partial charge in [-0.15, -0.1) is 0 Å². The Hall–Kier alpha value is 0.330. The Morgan fingerprint density at radius 2 is 2.31 bits per heavy atom. The van der Waals surface area contributed by atoms with E-state index in [-0.39, 0.29) is 0 Å². The number of benzene rings is 1. The summed E-state index contributed by atoms with van der Waals surface area (Å²) in [6.07, 6.45) is 0.662. The average Bonchev–Trinajstić information content (AvgIpc) is 2.43. The number of aryl methyl sites for hydroxylation is 1. The van der Waals surface area contributed by atoms with Crippen molar-refractivity contribution in [2.45, 2.75) is 6.92 Å². The smallest absolute Gasteiger partial charge is 0.0733 e. The van der Waals surface area contributed by atoms with Gasteiger partial charge in [0.25, 0.3) is 0 Å².